The van der Waals surface area contributed by atoms with Gasteiger partial charge in [0, 0.05) is 26.1 Å². The molecule has 1 aliphatic rings. The zero-order valence-corrected chi connectivity index (χ0v) is 11.2. The lowest BCUT2D eigenvalue weighted by Crippen LogP contribution is -2.47. The van der Waals surface area contributed by atoms with E-state index in [1.807, 2.05) is 18.7 Å². The Bertz CT molecular complexity index is 273. The molecule has 0 spiro atoms. The summed E-state index contributed by atoms with van der Waals surface area (Å²) in [5.74, 6) is 0.0879. The molecule has 98 valence electrons. The van der Waals surface area contributed by atoms with Crippen molar-refractivity contribution in [2.75, 3.05) is 19.6 Å². The highest BCUT2D eigenvalue weighted by atomic mass is 16.2. The maximum atomic E-state index is 12.1. The van der Waals surface area contributed by atoms with Crippen LogP contribution >= 0.6 is 0 Å². The normalized spacial score (nSPS) is 17.7. The fraction of sp³-hybridized carbons (Fsp3) is 0.846. The maximum absolute atomic E-state index is 12.1. The van der Waals surface area contributed by atoms with Crippen LogP contribution in [-0.2, 0) is 9.59 Å². The van der Waals surface area contributed by atoms with Gasteiger partial charge in [-0.15, -0.1) is 0 Å². The molecule has 1 fully saturated rings. The number of likely N-dealkylation sites (tertiary alicyclic amines) is 1. The van der Waals surface area contributed by atoms with E-state index in [2.05, 4.69) is 0 Å². The number of piperidine rings is 1. The summed E-state index contributed by atoms with van der Waals surface area (Å²) in [6.07, 6.45) is 4.28. The van der Waals surface area contributed by atoms with Crippen LogP contribution in [0.4, 0.5) is 0 Å². The molecule has 1 atom stereocenters. The van der Waals surface area contributed by atoms with Crippen LogP contribution in [0.3, 0.4) is 0 Å². The smallest absolute Gasteiger partial charge is 0.242 e. The van der Waals surface area contributed by atoms with Crippen LogP contribution < -0.4 is 0 Å². The number of amides is 2. The van der Waals surface area contributed by atoms with Crippen LogP contribution in [0.25, 0.3) is 0 Å². The van der Waals surface area contributed by atoms with E-state index in [-0.39, 0.29) is 24.4 Å². The molecule has 1 unspecified atom stereocenters. The highest BCUT2D eigenvalue weighted by Gasteiger charge is 2.23. The average molecular weight is 240 g/mol. The molecule has 4 heteroatoms. The van der Waals surface area contributed by atoms with Gasteiger partial charge in [0.2, 0.25) is 11.8 Å². The molecule has 1 saturated heterocycles. The van der Waals surface area contributed by atoms with Gasteiger partial charge < -0.3 is 9.80 Å². The Morgan fingerprint density at radius 2 is 1.82 bits per heavy atom. The van der Waals surface area contributed by atoms with E-state index in [1.54, 1.807) is 4.90 Å². The number of carbonyl (C=O) groups excluding carboxylic acids is 2. The van der Waals surface area contributed by atoms with Crippen molar-refractivity contribution < 1.29 is 9.59 Å². The molecule has 0 N–H and O–H groups in total. The van der Waals surface area contributed by atoms with Crippen LogP contribution in [0.1, 0.15) is 46.5 Å². The number of hydrogen-bond donors (Lipinski definition) is 0. The van der Waals surface area contributed by atoms with Gasteiger partial charge in [0.25, 0.3) is 0 Å². The number of nitrogens with zero attached hydrogens (tertiary/aromatic N) is 2. The number of hydrogen-bond acceptors (Lipinski definition) is 2. The zero-order valence-electron chi connectivity index (χ0n) is 11.2. The van der Waals surface area contributed by atoms with Gasteiger partial charge >= 0.3 is 0 Å². The van der Waals surface area contributed by atoms with Crippen LogP contribution in [0.2, 0.25) is 0 Å². The van der Waals surface area contributed by atoms with Crippen molar-refractivity contribution in [2.45, 2.75) is 52.5 Å². The molecule has 1 rings (SSSR count). The second kappa shape index (κ2) is 6.62. The summed E-state index contributed by atoms with van der Waals surface area (Å²) in [6.45, 7) is 7.51. The largest absolute Gasteiger partial charge is 0.341 e. The minimum Gasteiger partial charge on any atom is -0.341 e. The molecule has 0 aliphatic carbocycles. The third kappa shape index (κ3) is 4.02. The summed E-state index contributed by atoms with van der Waals surface area (Å²) in [4.78, 5) is 27.2. The lowest BCUT2D eigenvalue weighted by Gasteiger charge is -2.32. The van der Waals surface area contributed by atoms with E-state index in [9.17, 15) is 9.59 Å². The third-order valence-corrected chi connectivity index (χ3v) is 3.54. The van der Waals surface area contributed by atoms with Gasteiger partial charge in [-0.1, -0.05) is 6.92 Å². The monoisotopic (exact) mass is 240 g/mol. The van der Waals surface area contributed by atoms with Crippen molar-refractivity contribution in [1.29, 1.82) is 0 Å². The fourth-order valence-corrected chi connectivity index (χ4v) is 2.19. The van der Waals surface area contributed by atoms with Gasteiger partial charge in [0.05, 0.1) is 6.54 Å². The van der Waals surface area contributed by atoms with Crippen LogP contribution in [0, 0.1) is 0 Å². The Morgan fingerprint density at radius 1 is 1.24 bits per heavy atom. The maximum Gasteiger partial charge on any atom is 0.242 e. The van der Waals surface area contributed by atoms with Crippen molar-refractivity contribution in [2.24, 2.45) is 0 Å². The minimum absolute atomic E-state index is 0.00953. The highest BCUT2D eigenvalue weighted by Crippen LogP contribution is 2.11. The summed E-state index contributed by atoms with van der Waals surface area (Å²) in [6, 6.07) is 0.140. The fourth-order valence-electron chi connectivity index (χ4n) is 2.19. The van der Waals surface area contributed by atoms with E-state index in [1.165, 1.54) is 13.3 Å². The molecule has 0 bridgehead atoms. The number of carbonyl (C=O) groups is 2. The summed E-state index contributed by atoms with van der Waals surface area (Å²) >= 11 is 0. The topological polar surface area (TPSA) is 40.6 Å². The molecule has 0 aromatic rings. The first-order valence-corrected chi connectivity index (χ1v) is 6.61. The molecule has 1 aliphatic heterocycles. The van der Waals surface area contributed by atoms with E-state index in [4.69, 9.17) is 0 Å². The molecule has 4 nitrogen and oxygen atoms in total. The molecule has 0 saturated carbocycles. The predicted molar refractivity (Wildman–Crippen MR) is 67.6 cm³/mol. The van der Waals surface area contributed by atoms with Gasteiger partial charge in [-0.2, -0.15) is 0 Å². The van der Waals surface area contributed by atoms with E-state index in [0.29, 0.717) is 0 Å². The first-order chi connectivity index (χ1) is 8.06. The van der Waals surface area contributed by atoms with E-state index < -0.39 is 0 Å². The Balaban J connectivity index is 2.53. The van der Waals surface area contributed by atoms with E-state index in [0.717, 1.165) is 32.4 Å². The third-order valence-electron chi connectivity index (χ3n) is 3.54. The SMILES string of the molecule is CCC(C)N(CC(=O)N1CCCCC1)C(C)=O. The van der Waals surface area contributed by atoms with Crippen LogP contribution in [0.15, 0.2) is 0 Å². The van der Waals surface area contributed by atoms with Gasteiger partial charge in [-0.05, 0) is 32.6 Å². The molecule has 0 aromatic heterocycles. The summed E-state index contributed by atoms with van der Waals surface area (Å²) < 4.78 is 0. The van der Waals surface area contributed by atoms with Crippen molar-refractivity contribution >= 4 is 11.8 Å². The van der Waals surface area contributed by atoms with E-state index >= 15 is 0 Å². The molecule has 2 amide bonds. The van der Waals surface area contributed by atoms with Crippen LogP contribution in [0.5, 0.6) is 0 Å². The Hall–Kier alpha value is -1.06. The predicted octanol–water partition coefficient (Wildman–Crippen LogP) is 1.65. The second-order valence-corrected chi connectivity index (χ2v) is 4.85. The number of rotatable bonds is 4. The molecule has 1 heterocycles. The summed E-state index contributed by atoms with van der Waals surface area (Å²) in [5.41, 5.74) is 0. The van der Waals surface area contributed by atoms with Crippen molar-refractivity contribution in [3.8, 4) is 0 Å². The molecule has 0 radical (unpaired) electrons. The summed E-state index contributed by atoms with van der Waals surface area (Å²) in [5, 5.41) is 0. The van der Waals surface area contributed by atoms with Crippen molar-refractivity contribution in [1.82, 2.24) is 9.80 Å². The molecular formula is C13H24N2O2. The minimum atomic E-state index is -0.00953. The standard InChI is InChI=1S/C13H24N2O2/c1-4-11(2)15(12(3)16)10-13(17)14-8-6-5-7-9-14/h11H,4-10H2,1-3H3. The first-order valence-electron chi connectivity index (χ1n) is 6.61. The first kappa shape index (κ1) is 14.0. The Kier molecular flexibility index (Phi) is 5.45. The molecule has 0 aromatic carbocycles. The van der Waals surface area contributed by atoms with Crippen molar-refractivity contribution in [3.63, 3.8) is 0 Å². The zero-order chi connectivity index (χ0) is 12.8. The lowest BCUT2D eigenvalue weighted by atomic mass is 10.1. The quantitative estimate of drug-likeness (QED) is 0.749. The Morgan fingerprint density at radius 3 is 2.29 bits per heavy atom. The van der Waals surface area contributed by atoms with Crippen LogP contribution in [-0.4, -0.2) is 47.3 Å². The molecule has 17 heavy (non-hydrogen) atoms. The van der Waals surface area contributed by atoms with Crippen molar-refractivity contribution in [3.05, 3.63) is 0 Å². The Labute approximate surface area is 104 Å². The second-order valence-electron chi connectivity index (χ2n) is 4.85. The van der Waals surface area contributed by atoms with Gasteiger partial charge in [0.1, 0.15) is 0 Å². The van der Waals surface area contributed by atoms with Gasteiger partial charge in [0.15, 0.2) is 0 Å². The lowest BCUT2D eigenvalue weighted by molar-refractivity contribution is -0.141. The highest BCUT2D eigenvalue weighted by molar-refractivity contribution is 5.84. The van der Waals surface area contributed by atoms with Gasteiger partial charge in [-0.3, -0.25) is 9.59 Å². The summed E-state index contributed by atoms with van der Waals surface area (Å²) in [7, 11) is 0. The molecular weight excluding hydrogens is 216 g/mol. The average Bonchev–Trinajstić information content (AvgIpc) is 2.35. The van der Waals surface area contributed by atoms with Gasteiger partial charge in [-0.25, -0.2) is 0 Å².